The van der Waals surface area contributed by atoms with E-state index in [0.717, 1.165) is 48.3 Å². The molecule has 1 aromatic carbocycles. The fourth-order valence-electron chi connectivity index (χ4n) is 3.03. The highest BCUT2D eigenvalue weighted by Crippen LogP contribution is 2.33. The van der Waals surface area contributed by atoms with Crippen molar-refractivity contribution in [1.29, 1.82) is 0 Å². The van der Waals surface area contributed by atoms with Gasteiger partial charge in [-0.25, -0.2) is 4.39 Å². The highest BCUT2D eigenvalue weighted by Gasteiger charge is 2.27. The van der Waals surface area contributed by atoms with Gasteiger partial charge in [0.15, 0.2) is 0 Å². The second-order valence-corrected chi connectivity index (χ2v) is 6.88. The lowest BCUT2D eigenvalue weighted by atomic mass is 10.1. The summed E-state index contributed by atoms with van der Waals surface area (Å²) in [4.78, 5) is 0. The van der Waals surface area contributed by atoms with E-state index in [9.17, 15) is 8.60 Å². The monoisotopic (exact) mass is 267 g/mol. The molecule has 18 heavy (non-hydrogen) atoms. The van der Waals surface area contributed by atoms with Crippen molar-refractivity contribution in [3.63, 3.8) is 0 Å². The molecule has 1 N–H and O–H groups in total. The van der Waals surface area contributed by atoms with Gasteiger partial charge < -0.3 is 5.32 Å². The first kappa shape index (κ1) is 12.3. The Morgan fingerprint density at radius 1 is 1.22 bits per heavy atom. The first-order valence-electron chi connectivity index (χ1n) is 6.62. The molecule has 1 aromatic rings. The summed E-state index contributed by atoms with van der Waals surface area (Å²) in [6.07, 6.45) is 3.77. The van der Waals surface area contributed by atoms with E-state index >= 15 is 0 Å². The van der Waals surface area contributed by atoms with Crippen molar-refractivity contribution in [3.8, 4) is 0 Å². The number of hydrogen-bond acceptors (Lipinski definition) is 2. The second kappa shape index (κ2) is 5.10. The highest BCUT2D eigenvalue weighted by molar-refractivity contribution is 7.85. The molecule has 1 aliphatic carbocycles. The number of hydrogen-bond donors (Lipinski definition) is 1. The van der Waals surface area contributed by atoms with Crippen LogP contribution in [0.5, 0.6) is 0 Å². The maximum atomic E-state index is 13.6. The third-order valence-electron chi connectivity index (χ3n) is 4.04. The van der Waals surface area contributed by atoms with Crippen LogP contribution in [0.15, 0.2) is 18.2 Å². The summed E-state index contributed by atoms with van der Waals surface area (Å²) >= 11 is 0. The van der Waals surface area contributed by atoms with E-state index in [1.54, 1.807) is 12.1 Å². The first-order chi connectivity index (χ1) is 8.74. The Bertz CT molecular complexity index is 467. The fourth-order valence-corrected chi connectivity index (χ4v) is 4.33. The molecule has 2 aliphatic rings. The minimum atomic E-state index is -0.613. The Kier molecular flexibility index (Phi) is 3.48. The molecule has 98 valence electrons. The van der Waals surface area contributed by atoms with Crippen LogP contribution < -0.4 is 5.32 Å². The Hall–Kier alpha value is -0.740. The summed E-state index contributed by atoms with van der Waals surface area (Å²) in [6.45, 7) is 0. The average molecular weight is 267 g/mol. The van der Waals surface area contributed by atoms with E-state index < -0.39 is 10.8 Å². The summed E-state index contributed by atoms with van der Waals surface area (Å²) in [6, 6.07) is 6.10. The Labute approximate surface area is 109 Å². The Balaban J connectivity index is 1.69. The molecule has 0 spiro atoms. The fraction of sp³-hybridized carbons (Fsp3) is 0.571. The van der Waals surface area contributed by atoms with Crippen LogP contribution in [0.4, 0.5) is 4.39 Å². The van der Waals surface area contributed by atoms with Gasteiger partial charge in [0.05, 0.1) is 0 Å². The SMILES string of the molecule is O=S1CCC(NC2CCc3c(F)cccc32)CC1. The zero-order valence-corrected chi connectivity index (χ0v) is 11.1. The topological polar surface area (TPSA) is 29.1 Å². The van der Waals surface area contributed by atoms with E-state index in [0.29, 0.717) is 6.04 Å². The van der Waals surface area contributed by atoms with Gasteiger partial charge in [0, 0.05) is 34.4 Å². The van der Waals surface area contributed by atoms with Crippen LogP contribution in [0.25, 0.3) is 0 Å². The molecule has 1 heterocycles. The molecule has 0 radical (unpaired) electrons. The number of halogens is 1. The lowest BCUT2D eigenvalue weighted by molar-refractivity contribution is 0.408. The summed E-state index contributed by atoms with van der Waals surface area (Å²) < 4.78 is 24.9. The van der Waals surface area contributed by atoms with Gasteiger partial charge in [-0.1, -0.05) is 12.1 Å². The molecule has 1 unspecified atom stereocenters. The first-order valence-corrected chi connectivity index (χ1v) is 8.11. The average Bonchev–Trinajstić information content (AvgIpc) is 2.77. The van der Waals surface area contributed by atoms with Crippen LogP contribution in [0.2, 0.25) is 0 Å². The van der Waals surface area contributed by atoms with E-state index in [4.69, 9.17) is 0 Å². The van der Waals surface area contributed by atoms with Crippen molar-refractivity contribution in [2.24, 2.45) is 0 Å². The molecule has 0 amide bonds. The van der Waals surface area contributed by atoms with Crippen molar-refractivity contribution in [2.75, 3.05) is 11.5 Å². The molecular weight excluding hydrogens is 249 g/mol. The molecule has 3 rings (SSSR count). The summed E-state index contributed by atoms with van der Waals surface area (Å²) in [5, 5.41) is 3.62. The minimum absolute atomic E-state index is 0.0680. The van der Waals surface area contributed by atoms with Gasteiger partial charge in [0.1, 0.15) is 5.82 Å². The normalized spacial score (nSPS) is 31.3. The summed E-state index contributed by atoms with van der Waals surface area (Å²) in [5.74, 6) is 1.54. The van der Waals surface area contributed by atoms with Gasteiger partial charge in [-0.3, -0.25) is 4.21 Å². The smallest absolute Gasteiger partial charge is 0.126 e. The third-order valence-corrected chi connectivity index (χ3v) is 5.42. The van der Waals surface area contributed by atoms with Crippen molar-refractivity contribution >= 4 is 10.8 Å². The molecule has 1 fully saturated rings. The quantitative estimate of drug-likeness (QED) is 0.891. The van der Waals surface area contributed by atoms with E-state index in [-0.39, 0.29) is 11.9 Å². The number of fused-ring (bicyclic) bond motifs is 1. The van der Waals surface area contributed by atoms with E-state index in [1.807, 2.05) is 6.07 Å². The van der Waals surface area contributed by atoms with Crippen molar-refractivity contribution in [1.82, 2.24) is 5.32 Å². The molecule has 0 aromatic heterocycles. The number of nitrogens with one attached hydrogen (secondary N) is 1. The maximum absolute atomic E-state index is 13.6. The van der Waals surface area contributed by atoms with Crippen molar-refractivity contribution in [2.45, 2.75) is 37.8 Å². The number of benzene rings is 1. The van der Waals surface area contributed by atoms with Crippen LogP contribution in [0, 0.1) is 5.82 Å². The lowest BCUT2D eigenvalue weighted by Crippen LogP contribution is -2.37. The van der Waals surface area contributed by atoms with Gasteiger partial charge >= 0.3 is 0 Å². The summed E-state index contributed by atoms with van der Waals surface area (Å²) in [7, 11) is -0.613. The van der Waals surface area contributed by atoms with Gasteiger partial charge in [0.2, 0.25) is 0 Å². The lowest BCUT2D eigenvalue weighted by Gasteiger charge is -2.26. The highest BCUT2D eigenvalue weighted by atomic mass is 32.2. The molecular formula is C14H18FNOS. The molecule has 1 saturated heterocycles. The van der Waals surface area contributed by atoms with Crippen molar-refractivity contribution in [3.05, 3.63) is 35.1 Å². The standard InChI is InChI=1S/C14H18FNOS/c15-13-3-1-2-12-11(13)4-5-14(12)16-10-6-8-18(17)9-7-10/h1-3,10,14,16H,4-9H2. The van der Waals surface area contributed by atoms with Gasteiger partial charge in [-0.05, 0) is 42.9 Å². The van der Waals surface area contributed by atoms with Crippen LogP contribution in [0.1, 0.15) is 36.4 Å². The van der Waals surface area contributed by atoms with Crippen LogP contribution in [-0.4, -0.2) is 21.8 Å². The molecule has 0 bridgehead atoms. The molecule has 0 saturated carbocycles. The zero-order chi connectivity index (χ0) is 12.5. The van der Waals surface area contributed by atoms with Gasteiger partial charge in [0.25, 0.3) is 0 Å². The zero-order valence-electron chi connectivity index (χ0n) is 10.3. The maximum Gasteiger partial charge on any atom is 0.126 e. The predicted octanol–water partition coefficient (Wildman–Crippen LogP) is 2.31. The van der Waals surface area contributed by atoms with Crippen molar-refractivity contribution < 1.29 is 8.60 Å². The van der Waals surface area contributed by atoms with Crippen LogP contribution in [0.3, 0.4) is 0 Å². The molecule has 4 heteroatoms. The largest absolute Gasteiger partial charge is 0.307 e. The Morgan fingerprint density at radius 3 is 2.78 bits per heavy atom. The third kappa shape index (κ3) is 2.36. The molecule has 1 aliphatic heterocycles. The van der Waals surface area contributed by atoms with Crippen LogP contribution >= 0.6 is 0 Å². The van der Waals surface area contributed by atoms with E-state index in [2.05, 4.69) is 5.32 Å². The summed E-state index contributed by atoms with van der Waals surface area (Å²) in [5.41, 5.74) is 2.01. The van der Waals surface area contributed by atoms with E-state index in [1.165, 1.54) is 0 Å². The molecule has 2 nitrogen and oxygen atoms in total. The van der Waals surface area contributed by atoms with Gasteiger partial charge in [-0.2, -0.15) is 0 Å². The number of rotatable bonds is 2. The molecule has 1 atom stereocenters. The second-order valence-electron chi connectivity index (χ2n) is 5.19. The van der Waals surface area contributed by atoms with Gasteiger partial charge in [-0.15, -0.1) is 0 Å². The minimum Gasteiger partial charge on any atom is -0.307 e. The van der Waals surface area contributed by atoms with Crippen LogP contribution in [-0.2, 0) is 17.2 Å². The Morgan fingerprint density at radius 2 is 2.00 bits per heavy atom. The predicted molar refractivity (Wildman–Crippen MR) is 71.5 cm³/mol.